The molecule has 0 spiro atoms. The maximum absolute atomic E-state index is 12.3. The van der Waals surface area contributed by atoms with E-state index < -0.39 is 11.7 Å². The second-order valence-corrected chi connectivity index (χ2v) is 3.11. The molecule has 0 aromatic heterocycles. The Labute approximate surface area is 90.7 Å². The van der Waals surface area contributed by atoms with Gasteiger partial charge in [-0.05, 0) is 17.7 Å². The summed E-state index contributed by atoms with van der Waals surface area (Å²) in [4.78, 5) is 0. The summed E-state index contributed by atoms with van der Waals surface area (Å²) >= 11 is 0. The van der Waals surface area contributed by atoms with E-state index in [1.165, 1.54) is 18.2 Å². The van der Waals surface area contributed by atoms with Gasteiger partial charge in [-0.25, -0.2) is 0 Å². The molecule has 0 aliphatic rings. The van der Waals surface area contributed by atoms with E-state index in [1.54, 1.807) is 0 Å². The molecule has 1 aromatic carbocycles. The standard InChI is InChI=1S/C11H10F3NO/c1-2-3-10(15-16)8-4-6-9(7-5-8)11(12,13)14/h2,4-7,16H,1,3H2/b15-10+. The quantitative estimate of drug-likeness (QED) is 0.366. The summed E-state index contributed by atoms with van der Waals surface area (Å²) in [6, 6.07) is 4.43. The summed E-state index contributed by atoms with van der Waals surface area (Å²) in [7, 11) is 0. The van der Waals surface area contributed by atoms with Crippen LogP contribution in [0.15, 0.2) is 42.1 Å². The minimum absolute atomic E-state index is 0.281. The Morgan fingerprint density at radius 2 is 1.88 bits per heavy atom. The third-order valence-corrected chi connectivity index (χ3v) is 2.00. The molecule has 1 N–H and O–H groups in total. The van der Waals surface area contributed by atoms with Gasteiger partial charge in [-0.2, -0.15) is 13.2 Å². The van der Waals surface area contributed by atoms with E-state index in [4.69, 9.17) is 5.21 Å². The molecule has 1 aromatic rings. The lowest BCUT2D eigenvalue weighted by Crippen LogP contribution is -2.06. The SMILES string of the molecule is C=CC/C(=N\O)c1ccc(C(F)(F)F)cc1. The van der Waals surface area contributed by atoms with Crippen molar-refractivity contribution < 1.29 is 18.4 Å². The van der Waals surface area contributed by atoms with E-state index in [9.17, 15) is 13.2 Å². The highest BCUT2D eigenvalue weighted by Gasteiger charge is 2.30. The van der Waals surface area contributed by atoms with Crippen LogP contribution >= 0.6 is 0 Å². The fraction of sp³-hybridized carbons (Fsp3) is 0.182. The molecular weight excluding hydrogens is 219 g/mol. The van der Waals surface area contributed by atoms with Gasteiger partial charge in [-0.1, -0.05) is 23.4 Å². The summed E-state index contributed by atoms with van der Waals surface area (Å²) in [6.45, 7) is 3.46. The average molecular weight is 229 g/mol. The lowest BCUT2D eigenvalue weighted by Gasteiger charge is -2.07. The van der Waals surface area contributed by atoms with Gasteiger partial charge in [0.05, 0.1) is 11.3 Å². The van der Waals surface area contributed by atoms with Crippen LogP contribution < -0.4 is 0 Å². The van der Waals surface area contributed by atoms with Crippen LogP contribution in [0.25, 0.3) is 0 Å². The molecule has 0 atom stereocenters. The second kappa shape index (κ2) is 4.83. The first-order valence-electron chi connectivity index (χ1n) is 4.48. The van der Waals surface area contributed by atoms with Crippen LogP contribution in [0.3, 0.4) is 0 Å². The normalized spacial score (nSPS) is 12.6. The van der Waals surface area contributed by atoms with Crippen molar-refractivity contribution in [2.24, 2.45) is 5.16 Å². The predicted molar refractivity (Wildman–Crippen MR) is 54.6 cm³/mol. The fourth-order valence-electron chi connectivity index (χ4n) is 1.20. The zero-order valence-corrected chi connectivity index (χ0v) is 8.33. The minimum Gasteiger partial charge on any atom is -0.411 e. The molecule has 0 saturated heterocycles. The second-order valence-electron chi connectivity index (χ2n) is 3.11. The van der Waals surface area contributed by atoms with Gasteiger partial charge in [0.15, 0.2) is 0 Å². The zero-order chi connectivity index (χ0) is 12.2. The van der Waals surface area contributed by atoms with Crippen LogP contribution in [0.4, 0.5) is 13.2 Å². The number of oxime groups is 1. The van der Waals surface area contributed by atoms with E-state index >= 15 is 0 Å². The number of benzene rings is 1. The molecule has 0 radical (unpaired) electrons. The average Bonchev–Trinajstić information content (AvgIpc) is 2.25. The van der Waals surface area contributed by atoms with Gasteiger partial charge in [-0.3, -0.25) is 0 Å². The first kappa shape index (κ1) is 12.3. The van der Waals surface area contributed by atoms with Crippen molar-refractivity contribution in [3.63, 3.8) is 0 Å². The Hall–Kier alpha value is -1.78. The Bertz CT molecular complexity index is 393. The molecule has 0 aliphatic heterocycles. The smallest absolute Gasteiger partial charge is 0.411 e. The first-order valence-corrected chi connectivity index (χ1v) is 4.48. The summed E-state index contributed by atoms with van der Waals surface area (Å²) in [5.41, 5.74) is -0.00809. The number of rotatable bonds is 3. The molecule has 5 heteroatoms. The summed E-state index contributed by atoms with van der Waals surface area (Å²) in [6.07, 6.45) is -2.55. The fourth-order valence-corrected chi connectivity index (χ4v) is 1.20. The molecule has 0 aliphatic carbocycles. The number of nitrogens with zero attached hydrogens (tertiary/aromatic N) is 1. The first-order chi connectivity index (χ1) is 7.49. The highest BCUT2D eigenvalue weighted by Crippen LogP contribution is 2.29. The number of allylic oxidation sites excluding steroid dienone is 1. The van der Waals surface area contributed by atoms with Crippen molar-refractivity contribution in [1.82, 2.24) is 0 Å². The van der Waals surface area contributed by atoms with Gasteiger partial charge < -0.3 is 5.21 Å². The highest BCUT2D eigenvalue weighted by atomic mass is 19.4. The lowest BCUT2D eigenvalue weighted by atomic mass is 10.1. The molecule has 86 valence electrons. The molecule has 0 fully saturated rings. The maximum atomic E-state index is 12.3. The van der Waals surface area contributed by atoms with Crippen molar-refractivity contribution in [3.05, 3.63) is 48.0 Å². The highest BCUT2D eigenvalue weighted by molar-refractivity contribution is 6.01. The van der Waals surface area contributed by atoms with Crippen LogP contribution in [-0.4, -0.2) is 10.9 Å². The molecule has 16 heavy (non-hydrogen) atoms. The van der Waals surface area contributed by atoms with Gasteiger partial charge in [0.2, 0.25) is 0 Å². The molecule has 0 unspecified atom stereocenters. The Morgan fingerprint density at radius 3 is 2.25 bits per heavy atom. The Kier molecular flexibility index (Phi) is 3.71. The molecule has 0 heterocycles. The maximum Gasteiger partial charge on any atom is 0.416 e. The molecule has 1 rings (SSSR count). The largest absolute Gasteiger partial charge is 0.416 e. The summed E-state index contributed by atoms with van der Waals surface area (Å²) in [5, 5.41) is 11.7. The van der Waals surface area contributed by atoms with Crippen molar-refractivity contribution >= 4 is 5.71 Å². The van der Waals surface area contributed by atoms with E-state index in [2.05, 4.69) is 11.7 Å². The van der Waals surface area contributed by atoms with Gasteiger partial charge in [-0.15, -0.1) is 6.58 Å². The van der Waals surface area contributed by atoms with E-state index in [1.807, 2.05) is 0 Å². The van der Waals surface area contributed by atoms with Gasteiger partial charge in [0.1, 0.15) is 0 Å². The Morgan fingerprint density at radius 1 is 1.31 bits per heavy atom. The van der Waals surface area contributed by atoms with Crippen LogP contribution in [0.2, 0.25) is 0 Å². The van der Waals surface area contributed by atoms with Crippen LogP contribution in [0.5, 0.6) is 0 Å². The van der Waals surface area contributed by atoms with E-state index in [0.717, 1.165) is 12.1 Å². The lowest BCUT2D eigenvalue weighted by molar-refractivity contribution is -0.137. The topological polar surface area (TPSA) is 32.6 Å². The molecule has 0 bridgehead atoms. The number of halogens is 3. The van der Waals surface area contributed by atoms with Gasteiger partial charge in [0, 0.05) is 6.42 Å². The van der Waals surface area contributed by atoms with Gasteiger partial charge in [0.25, 0.3) is 0 Å². The monoisotopic (exact) mass is 229 g/mol. The summed E-state index contributed by atoms with van der Waals surface area (Å²) < 4.78 is 36.8. The predicted octanol–water partition coefficient (Wildman–Crippen LogP) is 3.46. The van der Waals surface area contributed by atoms with Crippen LogP contribution in [-0.2, 0) is 6.18 Å². The molecule has 2 nitrogen and oxygen atoms in total. The van der Waals surface area contributed by atoms with Crippen molar-refractivity contribution in [2.45, 2.75) is 12.6 Å². The third-order valence-electron chi connectivity index (χ3n) is 2.00. The van der Waals surface area contributed by atoms with Crippen LogP contribution in [0, 0.1) is 0 Å². The van der Waals surface area contributed by atoms with Gasteiger partial charge >= 0.3 is 6.18 Å². The van der Waals surface area contributed by atoms with Crippen LogP contribution in [0.1, 0.15) is 17.5 Å². The van der Waals surface area contributed by atoms with Crippen molar-refractivity contribution in [1.29, 1.82) is 0 Å². The molecule has 0 amide bonds. The number of alkyl halides is 3. The zero-order valence-electron chi connectivity index (χ0n) is 8.33. The summed E-state index contributed by atoms with van der Waals surface area (Å²) in [5.74, 6) is 0. The van der Waals surface area contributed by atoms with Crippen molar-refractivity contribution in [2.75, 3.05) is 0 Å². The van der Waals surface area contributed by atoms with E-state index in [-0.39, 0.29) is 5.71 Å². The number of hydrogen-bond donors (Lipinski definition) is 1. The van der Waals surface area contributed by atoms with Crippen molar-refractivity contribution in [3.8, 4) is 0 Å². The van der Waals surface area contributed by atoms with E-state index in [0.29, 0.717) is 12.0 Å². The number of hydrogen-bond acceptors (Lipinski definition) is 2. The third kappa shape index (κ3) is 2.85. The molecule has 0 saturated carbocycles. The molecular formula is C11H10F3NO. The Balaban J connectivity index is 2.99. The minimum atomic E-state index is -4.35.